The van der Waals surface area contributed by atoms with Gasteiger partial charge in [-0.05, 0) is 6.92 Å². The molecule has 0 unspecified atom stereocenters. The molecule has 0 atom stereocenters. The van der Waals surface area contributed by atoms with Gasteiger partial charge in [-0.2, -0.15) is 0 Å². The fraction of sp³-hybridized carbons (Fsp3) is 0.222. The topological polar surface area (TPSA) is 98.3 Å². The second-order valence-corrected chi connectivity index (χ2v) is 2.49. The number of amides is 2. The Morgan fingerprint density at radius 2 is 2.00 bits per heavy atom. The van der Waals surface area contributed by atoms with Crippen LogP contribution in [0.15, 0.2) is 30.3 Å². The van der Waals surface area contributed by atoms with Crippen molar-refractivity contribution in [3.8, 4) is 0 Å². The van der Waals surface area contributed by atoms with Gasteiger partial charge in [-0.25, -0.2) is 4.79 Å². The van der Waals surface area contributed by atoms with Crippen LogP contribution in [0, 0.1) is 10.1 Å². The molecule has 6 heteroatoms. The van der Waals surface area contributed by atoms with Gasteiger partial charge in [0.1, 0.15) is 0 Å². The fourth-order valence-corrected chi connectivity index (χ4v) is 0.724. The Morgan fingerprint density at radius 1 is 1.47 bits per heavy atom. The number of hydrogen-bond acceptors (Lipinski definition) is 3. The molecule has 0 aliphatic heterocycles. The van der Waals surface area contributed by atoms with Crippen molar-refractivity contribution in [3.05, 3.63) is 40.4 Å². The summed E-state index contributed by atoms with van der Waals surface area (Å²) in [5.41, 5.74) is 4.79. The quantitative estimate of drug-likeness (QED) is 0.569. The number of carbonyl (C=O) groups is 1. The van der Waals surface area contributed by atoms with Gasteiger partial charge in [0.15, 0.2) is 0 Å². The summed E-state index contributed by atoms with van der Waals surface area (Å²) in [5.74, 6) is 0. The van der Waals surface area contributed by atoms with Crippen LogP contribution < -0.4 is 11.1 Å². The number of nitrogens with zero attached hydrogens (tertiary/aromatic N) is 1. The van der Waals surface area contributed by atoms with E-state index in [-0.39, 0.29) is 5.69 Å². The molecule has 15 heavy (non-hydrogen) atoms. The van der Waals surface area contributed by atoms with Gasteiger partial charge in [0.05, 0.1) is 4.92 Å². The lowest BCUT2D eigenvalue weighted by Gasteiger charge is -1.88. The summed E-state index contributed by atoms with van der Waals surface area (Å²) in [7, 11) is 0. The summed E-state index contributed by atoms with van der Waals surface area (Å²) < 4.78 is 0. The van der Waals surface area contributed by atoms with Crippen molar-refractivity contribution in [2.75, 3.05) is 6.54 Å². The number of nitro benzene ring substituents is 1. The molecular formula is C9H13N3O3. The van der Waals surface area contributed by atoms with Crippen molar-refractivity contribution in [2.24, 2.45) is 5.73 Å². The van der Waals surface area contributed by atoms with Crippen LogP contribution in [0.1, 0.15) is 6.92 Å². The molecule has 1 aromatic carbocycles. The molecule has 0 heterocycles. The van der Waals surface area contributed by atoms with Gasteiger partial charge < -0.3 is 11.1 Å². The second kappa shape index (κ2) is 7.31. The van der Waals surface area contributed by atoms with Gasteiger partial charge >= 0.3 is 6.03 Å². The minimum absolute atomic E-state index is 0.137. The molecule has 2 amide bonds. The van der Waals surface area contributed by atoms with Gasteiger partial charge in [-0.3, -0.25) is 10.1 Å². The number of nitrogens with two attached hydrogens (primary N) is 1. The molecular weight excluding hydrogens is 198 g/mol. The minimum atomic E-state index is -0.461. The van der Waals surface area contributed by atoms with E-state index in [0.717, 1.165) is 0 Å². The van der Waals surface area contributed by atoms with E-state index in [4.69, 9.17) is 0 Å². The molecule has 0 spiro atoms. The fourth-order valence-electron chi connectivity index (χ4n) is 0.724. The van der Waals surface area contributed by atoms with Crippen LogP contribution in [-0.2, 0) is 0 Å². The van der Waals surface area contributed by atoms with Crippen molar-refractivity contribution >= 4 is 11.7 Å². The van der Waals surface area contributed by atoms with Gasteiger partial charge in [-0.15, -0.1) is 0 Å². The number of primary amides is 1. The third-order valence-electron chi connectivity index (χ3n) is 1.32. The molecule has 1 aromatic rings. The van der Waals surface area contributed by atoms with Crippen molar-refractivity contribution in [1.82, 2.24) is 5.32 Å². The first-order valence-electron chi connectivity index (χ1n) is 4.30. The number of carbonyl (C=O) groups excluding carboxylic acids is 1. The lowest BCUT2D eigenvalue weighted by molar-refractivity contribution is -0.384. The smallest absolute Gasteiger partial charge is 0.312 e. The second-order valence-electron chi connectivity index (χ2n) is 2.49. The first-order valence-corrected chi connectivity index (χ1v) is 4.30. The number of urea groups is 1. The highest BCUT2D eigenvalue weighted by molar-refractivity contribution is 5.71. The summed E-state index contributed by atoms with van der Waals surface area (Å²) in [6.07, 6.45) is 0. The van der Waals surface area contributed by atoms with E-state index in [1.54, 1.807) is 18.2 Å². The highest BCUT2D eigenvalue weighted by Crippen LogP contribution is 2.06. The standard InChI is InChI=1S/C6H5NO2.C3H8N2O/c8-7(9)6-4-2-1-3-5-6;1-2-5-3(4)6/h1-5H;2H2,1H3,(H3,4,5,6). The zero-order valence-corrected chi connectivity index (χ0v) is 8.34. The number of hydrogen-bond donors (Lipinski definition) is 2. The lowest BCUT2D eigenvalue weighted by atomic mass is 10.3. The zero-order valence-electron chi connectivity index (χ0n) is 8.34. The number of para-hydroxylation sites is 1. The predicted octanol–water partition coefficient (Wildman–Crippen LogP) is 1.27. The summed E-state index contributed by atoms with van der Waals surface area (Å²) in [6, 6.07) is 7.47. The molecule has 0 radical (unpaired) electrons. The molecule has 0 aromatic heterocycles. The van der Waals surface area contributed by atoms with Crippen LogP contribution in [0.3, 0.4) is 0 Å². The molecule has 0 aliphatic rings. The van der Waals surface area contributed by atoms with E-state index in [0.29, 0.717) is 6.54 Å². The molecule has 0 aliphatic carbocycles. The van der Waals surface area contributed by atoms with Crippen molar-refractivity contribution < 1.29 is 9.72 Å². The number of benzene rings is 1. The van der Waals surface area contributed by atoms with Gasteiger partial charge in [0, 0.05) is 18.7 Å². The van der Waals surface area contributed by atoms with Crippen molar-refractivity contribution in [2.45, 2.75) is 6.92 Å². The summed E-state index contributed by atoms with van der Waals surface area (Å²) in [4.78, 5) is 19.3. The highest BCUT2D eigenvalue weighted by Gasteiger charge is 1.98. The maximum atomic E-state index is 10.0. The van der Waals surface area contributed by atoms with E-state index in [9.17, 15) is 14.9 Å². The highest BCUT2D eigenvalue weighted by atomic mass is 16.6. The number of nitrogens with one attached hydrogen (secondary N) is 1. The van der Waals surface area contributed by atoms with E-state index >= 15 is 0 Å². The Kier molecular flexibility index (Phi) is 6.28. The maximum Gasteiger partial charge on any atom is 0.312 e. The largest absolute Gasteiger partial charge is 0.352 e. The lowest BCUT2D eigenvalue weighted by Crippen LogP contribution is -2.28. The van der Waals surface area contributed by atoms with Crippen molar-refractivity contribution in [3.63, 3.8) is 0 Å². The maximum absolute atomic E-state index is 10.0. The molecule has 82 valence electrons. The Hall–Kier alpha value is -2.11. The Labute approximate surface area is 87.2 Å². The zero-order chi connectivity index (χ0) is 11.7. The average molecular weight is 211 g/mol. The first-order chi connectivity index (χ1) is 7.07. The van der Waals surface area contributed by atoms with Crippen LogP contribution in [0.25, 0.3) is 0 Å². The molecule has 3 N–H and O–H groups in total. The summed E-state index contributed by atoms with van der Waals surface area (Å²) >= 11 is 0. The molecule has 0 saturated heterocycles. The van der Waals surface area contributed by atoms with Gasteiger partial charge in [0.2, 0.25) is 0 Å². The first kappa shape index (κ1) is 12.9. The predicted molar refractivity (Wildman–Crippen MR) is 56.4 cm³/mol. The Morgan fingerprint density at radius 3 is 2.20 bits per heavy atom. The number of rotatable bonds is 2. The van der Waals surface area contributed by atoms with Crippen LogP contribution in [0.2, 0.25) is 0 Å². The van der Waals surface area contributed by atoms with E-state index < -0.39 is 11.0 Å². The minimum Gasteiger partial charge on any atom is -0.352 e. The Balaban J connectivity index is 0.000000288. The molecule has 6 nitrogen and oxygen atoms in total. The SMILES string of the molecule is CCNC(N)=O.O=[N+]([O-])c1ccccc1. The van der Waals surface area contributed by atoms with E-state index in [1.165, 1.54) is 12.1 Å². The molecule has 0 bridgehead atoms. The number of non-ortho nitro benzene ring substituents is 1. The molecule has 0 saturated carbocycles. The normalized spacial score (nSPS) is 8.33. The van der Waals surface area contributed by atoms with E-state index in [2.05, 4.69) is 11.1 Å². The van der Waals surface area contributed by atoms with Crippen LogP contribution in [0.4, 0.5) is 10.5 Å². The summed E-state index contributed by atoms with van der Waals surface area (Å²) in [5, 5.41) is 12.4. The number of nitro groups is 1. The van der Waals surface area contributed by atoms with Crippen LogP contribution in [0.5, 0.6) is 0 Å². The van der Waals surface area contributed by atoms with Crippen LogP contribution >= 0.6 is 0 Å². The third-order valence-corrected chi connectivity index (χ3v) is 1.32. The van der Waals surface area contributed by atoms with Crippen LogP contribution in [-0.4, -0.2) is 17.5 Å². The van der Waals surface area contributed by atoms with Gasteiger partial charge in [-0.1, -0.05) is 18.2 Å². The van der Waals surface area contributed by atoms with Gasteiger partial charge in [0.25, 0.3) is 5.69 Å². The third kappa shape index (κ3) is 7.00. The van der Waals surface area contributed by atoms with E-state index in [1.807, 2.05) is 6.92 Å². The monoisotopic (exact) mass is 211 g/mol. The Bertz CT molecular complexity index is 314. The molecule has 0 fully saturated rings. The van der Waals surface area contributed by atoms with Crippen molar-refractivity contribution in [1.29, 1.82) is 0 Å². The summed E-state index contributed by atoms with van der Waals surface area (Å²) in [6.45, 7) is 2.42. The molecule has 1 rings (SSSR count). The average Bonchev–Trinajstić information content (AvgIpc) is 2.20.